The summed E-state index contributed by atoms with van der Waals surface area (Å²) >= 11 is 17.7. The molecular weight excluding hydrogens is 296 g/mol. The van der Waals surface area contributed by atoms with Crippen LogP contribution in [0, 0.1) is 0 Å². The molecule has 18 heavy (non-hydrogen) atoms. The zero-order valence-corrected chi connectivity index (χ0v) is 11.3. The predicted molar refractivity (Wildman–Crippen MR) is 71.4 cm³/mol. The highest BCUT2D eigenvalue weighted by Crippen LogP contribution is 2.31. The number of hydrogen-bond acceptors (Lipinski definition) is 2. The van der Waals surface area contributed by atoms with Crippen molar-refractivity contribution >= 4 is 40.7 Å². The molecule has 6 heteroatoms. The van der Waals surface area contributed by atoms with Crippen LogP contribution in [0.2, 0.25) is 15.1 Å². The van der Waals surface area contributed by atoms with Crippen molar-refractivity contribution < 1.29 is 9.21 Å². The second-order valence-corrected chi connectivity index (χ2v) is 4.67. The van der Waals surface area contributed by atoms with Gasteiger partial charge in [0.25, 0.3) is 5.91 Å². The zero-order valence-electron chi connectivity index (χ0n) is 9.04. The first-order valence-electron chi connectivity index (χ1n) is 5.03. The van der Waals surface area contributed by atoms with Crippen molar-refractivity contribution in [1.29, 1.82) is 0 Å². The number of halogens is 3. The third-order valence-corrected chi connectivity index (χ3v) is 3.39. The van der Waals surface area contributed by atoms with Gasteiger partial charge in [0.05, 0.1) is 33.4 Å². The van der Waals surface area contributed by atoms with Gasteiger partial charge < -0.3 is 9.73 Å². The Balaban J connectivity index is 2.16. The van der Waals surface area contributed by atoms with E-state index in [2.05, 4.69) is 5.32 Å². The molecule has 3 nitrogen and oxygen atoms in total. The van der Waals surface area contributed by atoms with Crippen LogP contribution in [0.4, 0.5) is 0 Å². The van der Waals surface area contributed by atoms with Crippen LogP contribution in [0.5, 0.6) is 0 Å². The first kappa shape index (κ1) is 13.3. The van der Waals surface area contributed by atoms with Gasteiger partial charge in [0.1, 0.15) is 5.76 Å². The summed E-state index contributed by atoms with van der Waals surface area (Å²) in [6, 6.07) is 6.55. The standard InChI is InChI=1S/C12H8Cl3NO2/c13-8-3-4-9(14)11(15)10(8)12(17)16-6-7-2-1-5-18-7/h1-5H,6H2,(H,16,17). The van der Waals surface area contributed by atoms with Crippen LogP contribution in [0.15, 0.2) is 34.9 Å². The van der Waals surface area contributed by atoms with Crippen LogP contribution in [0.25, 0.3) is 0 Å². The molecular formula is C12H8Cl3NO2. The lowest BCUT2D eigenvalue weighted by atomic mass is 10.2. The van der Waals surface area contributed by atoms with Gasteiger partial charge in [0.2, 0.25) is 0 Å². The zero-order chi connectivity index (χ0) is 13.1. The van der Waals surface area contributed by atoms with Crippen LogP contribution in [-0.2, 0) is 6.54 Å². The normalized spacial score (nSPS) is 10.4. The van der Waals surface area contributed by atoms with Crippen molar-refractivity contribution in [1.82, 2.24) is 5.32 Å². The van der Waals surface area contributed by atoms with Gasteiger partial charge in [-0.2, -0.15) is 0 Å². The second kappa shape index (κ2) is 5.65. The van der Waals surface area contributed by atoms with Crippen molar-refractivity contribution in [3.05, 3.63) is 56.9 Å². The maximum absolute atomic E-state index is 12.0. The van der Waals surface area contributed by atoms with Crippen LogP contribution in [0.1, 0.15) is 16.1 Å². The average molecular weight is 305 g/mol. The summed E-state index contributed by atoms with van der Waals surface area (Å²) < 4.78 is 5.10. The lowest BCUT2D eigenvalue weighted by Crippen LogP contribution is -2.23. The van der Waals surface area contributed by atoms with E-state index in [0.29, 0.717) is 5.76 Å². The molecule has 94 valence electrons. The number of amides is 1. The summed E-state index contributed by atoms with van der Waals surface area (Å²) in [7, 11) is 0. The first-order valence-corrected chi connectivity index (χ1v) is 6.17. The SMILES string of the molecule is O=C(NCc1ccco1)c1c(Cl)ccc(Cl)c1Cl. The van der Waals surface area contributed by atoms with E-state index in [1.807, 2.05) is 0 Å². The van der Waals surface area contributed by atoms with Gasteiger partial charge in [0, 0.05) is 0 Å². The summed E-state index contributed by atoms with van der Waals surface area (Å²) in [6.45, 7) is 0.255. The molecule has 1 amide bonds. The Kier molecular flexibility index (Phi) is 4.17. The molecule has 2 aromatic rings. The number of furan rings is 1. The van der Waals surface area contributed by atoms with Gasteiger partial charge in [-0.15, -0.1) is 0 Å². The molecule has 1 N–H and O–H groups in total. The van der Waals surface area contributed by atoms with E-state index in [-0.39, 0.29) is 27.2 Å². The monoisotopic (exact) mass is 303 g/mol. The van der Waals surface area contributed by atoms with Gasteiger partial charge in [-0.1, -0.05) is 34.8 Å². The summed E-state index contributed by atoms with van der Waals surface area (Å²) in [5.74, 6) is 0.238. The maximum atomic E-state index is 12.0. The molecule has 0 aliphatic rings. The van der Waals surface area contributed by atoms with Crippen LogP contribution >= 0.6 is 34.8 Å². The van der Waals surface area contributed by atoms with E-state index >= 15 is 0 Å². The molecule has 0 saturated carbocycles. The first-order chi connectivity index (χ1) is 8.59. The Bertz CT molecular complexity index is 567. The fourth-order valence-corrected chi connectivity index (χ4v) is 2.10. The highest BCUT2D eigenvalue weighted by atomic mass is 35.5. The molecule has 1 aromatic carbocycles. The van der Waals surface area contributed by atoms with Crippen LogP contribution < -0.4 is 5.32 Å². The molecule has 0 spiro atoms. The van der Waals surface area contributed by atoms with E-state index in [1.54, 1.807) is 12.1 Å². The second-order valence-electron chi connectivity index (χ2n) is 3.48. The minimum absolute atomic E-state index is 0.140. The molecule has 0 aliphatic heterocycles. The maximum Gasteiger partial charge on any atom is 0.254 e. The molecule has 2 rings (SSSR count). The number of nitrogens with one attached hydrogen (secondary N) is 1. The van der Waals surface area contributed by atoms with E-state index in [0.717, 1.165) is 0 Å². The summed E-state index contributed by atoms with van der Waals surface area (Å²) in [4.78, 5) is 12.0. The number of carbonyl (C=O) groups excluding carboxylic acids is 1. The average Bonchev–Trinajstić information content (AvgIpc) is 2.85. The summed E-state index contributed by atoms with van der Waals surface area (Å²) in [5, 5.41) is 3.32. The molecule has 0 unspecified atom stereocenters. The predicted octanol–water partition coefficient (Wildman–Crippen LogP) is 4.17. The molecule has 0 radical (unpaired) electrons. The van der Waals surface area contributed by atoms with Crippen LogP contribution in [0.3, 0.4) is 0 Å². The third-order valence-electron chi connectivity index (χ3n) is 2.27. The highest BCUT2D eigenvalue weighted by Gasteiger charge is 2.17. The fraction of sp³-hybridized carbons (Fsp3) is 0.0833. The Morgan fingerprint density at radius 2 is 1.89 bits per heavy atom. The summed E-state index contributed by atoms with van der Waals surface area (Å²) in [5.41, 5.74) is 0.164. The van der Waals surface area contributed by atoms with Gasteiger partial charge in [-0.25, -0.2) is 0 Å². The Morgan fingerprint density at radius 1 is 1.17 bits per heavy atom. The molecule has 0 bridgehead atoms. The quantitative estimate of drug-likeness (QED) is 0.865. The van der Waals surface area contributed by atoms with Gasteiger partial charge in [-0.3, -0.25) is 4.79 Å². The highest BCUT2D eigenvalue weighted by molar-refractivity contribution is 6.46. The lowest BCUT2D eigenvalue weighted by molar-refractivity contribution is 0.0948. The Hall–Kier alpha value is -1.16. The smallest absolute Gasteiger partial charge is 0.254 e. The van der Waals surface area contributed by atoms with E-state index < -0.39 is 5.91 Å². The number of rotatable bonds is 3. The molecule has 1 heterocycles. The van der Waals surface area contributed by atoms with E-state index in [9.17, 15) is 4.79 Å². The van der Waals surface area contributed by atoms with Crippen molar-refractivity contribution in [2.75, 3.05) is 0 Å². The molecule has 0 fully saturated rings. The van der Waals surface area contributed by atoms with Crippen molar-refractivity contribution in [3.63, 3.8) is 0 Å². The largest absolute Gasteiger partial charge is 0.467 e. The number of benzene rings is 1. The van der Waals surface area contributed by atoms with Gasteiger partial charge >= 0.3 is 0 Å². The fourth-order valence-electron chi connectivity index (χ4n) is 1.40. The summed E-state index contributed by atoms with van der Waals surface area (Å²) in [6.07, 6.45) is 1.53. The Morgan fingerprint density at radius 3 is 2.56 bits per heavy atom. The minimum Gasteiger partial charge on any atom is -0.467 e. The van der Waals surface area contributed by atoms with Crippen molar-refractivity contribution in [2.45, 2.75) is 6.54 Å². The Labute approximate surface area is 119 Å². The third kappa shape index (κ3) is 2.80. The lowest BCUT2D eigenvalue weighted by Gasteiger charge is -2.08. The molecule has 0 saturated heterocycles. The topological polar surface area (TPSA) is 42.2 Å². The van der Waals surface area contributed by atoms with Crippen molar-refractivity contribution in [2.24, 2.45) is 0 Å². The van der Waals surface area contributed by atoms with Crippen molar-refractivity contribution in [3.8, 4) is 0 Å². The number of hydrogen-bond donors (Lipinski definition) is 1. The van der Waals surface area contributed by atoms with Gasteiger partial charge in [-0.05, 0) is 24.3 Å². The van der Waals surface area contributed by atoms with Crippen LogP contribution in [-0.4, -0.2) is 5.91 Å². The molecule has 0 atom stereocenters. The molecule has 1 aromatic heterocycles. The molecule has 0 aliphatic carbocycles. The van der Waals surface area contributed by atoms with Gasteiger partial charge in [0.15, 0.2) is 0 Å². The van der Waals surface area contributed by atoms with E-state index in [1.165, 1.54) is 18.4 Å². The number of carbonyl (C=O) groups is 1. The minimum atomic E-state index is -0.399. The van der Waals surface area contributed by atoms with E-state index in [4.69, 9.17) is 39.2 Å².